The molecule has 1 atom stereocenters. The zero-order valence-electron chi connectivity index (χ0n) is 13.4. The van der Waals surface area contributed by atoms with Crippen molar-refractivity contribution in [3.05, 3.63) is 0 Å². The Kier molecular flexibility index (Phi) is 10.3. The van der Waals surface area contributed by atoms with Gasteiger partial charge in [0.05, 0.1) is 12.5 Å². The van der Waals surface area contributed by atoms with Crippen LogP contribution in [-0.4, -0.2) is 65.4 Å². The number of carbonyl (C=O) groups is 2. The van der Waals surface area contributed by atoms with Crippen LogP contribution in [-0.2, 0) is 9.59 Å². The van der Waals surface area contributed by atoms with E-state index in [1.165, 1.54) is 0 Å². The second-order valence-corrected chi connectivity index (χ2v) is 5.20. The smallest absolute Gasteiger partial charge is 0.304 e. The summed E-state index contributed by atoms with van der Waals surface area (Å²) >= 11 is 0. The third-order valence-electron chi connectivity index (χ3n) is 3.81. The molecule has 0 bridgehead atoms. The van der Waals surface area contributed by atoms with E-state index in [4.69, 9.17) is 5.11 Å². The standard InChI is InChI=1S/C15H30N2O3/c1-5-16(6-2)10-7-8-11-17(12-9-15(19)20)13(3)14(4)18/h13H,5-12H2,1-4H3,(H,19,20). The van der Waals surface area contributed by atoms with Gasteiger partial charge in [-0.2, -0.15) is 0 Å². The van der Waals surface area contributed by atoms with Gasteiger partial charge in [-0.15, -0.1) is 0 Å². The first-order chi connectivity index (χ1) is 9.42. The molecule has 0 fully saturated rings. The van der Waals surface area contributed by atoms with Crippen LogP contribution in [0.2, 0.25) is 0 Å². The second-order valence-electron chi connectivity index (χ2n) is 5.20. The maximum absolute atomic E-state index is 11.5. The van der Waals surface area contributed by atoms with Gasteiger partial charge in [0.25, 0.3) is 0 Å². The zero-order valence-corrected chi connectivity index (χ0v) is 13.4. The van der Waals surface area contributed by atoms with Gasteiger partial charge in [0, 0.05) is 6.54 Å². The van der Waals surface area contributed by atoms with Gasteiger partial charge in [0.1, 0.15) is 5.78 Å². The number of carbonyl (C=O) groups excluding carboxylic acids is 1. The van der Waals surface area contributed by atoms with Crippen LogP contribution in [0.4, 0.5) is 0 Å². The molecule has 0 rings (SSSR count). The number of carboxylic acid groups (broad SMARTS) is 1. The first-order valence-corrected chi connectivity index (χ1v) is 7.60. The Balaban J connectivity index is 4.15. The molecule has 5 heteroatoms. The molecule has 0 heterocycles. The molecule has 0 aromatic carbocycles. The van der Waals surface area contributed by atoms with Crippen LogP contribution in [0.3, 0.4) is 0 Å². The maximum atomic E-state index is 11.5. The summed E-state index contributed by atoms with van der Waals surface area (Å²) in [5.41, 5.74) is 0. The SMILES string of the molecule is CCN(CC)CCCCN(CCC(=O)O)C(C)C(C)=O. The number of hydrogen-bond donors (Lipinski definition) is 1. The second kappa shape index (κ2) is 10.8. The fraction of sp³-hybridized carbons (Fsp3) is 0.867. The van der Waals surface area contributed by atoms with Crippen LogP contribution >= 0.6 is 0 Å². The number of aliphatic carboxylic acids is 1. The molecule has 1 N–H and O–H groups in total. The molecular weight excluding hydrogens is 256 g/mol. The summed E-state index contributed by atoms with van der Waals surface area (Å²) < 4.78 is 0. The van der Waals surface area contributed by atoms with Crippen LogP contribution in [0.25, 0.3) is 0 Å². The first kappa shape index (κ1) is 19.1. The number of unbranched alkanes of at least 4 members (excludes halogenated alkanes) is 1. The van der Waals surface area contributed by atoms with E-state index in [0.717, 1.165) is 39.0 Å². The van der Waals surface area contributed by atoms with Gasteiger partial charge < -0.3 is 10.0 Å². The molecule has 0 radical (unpaired) electrons. The summed E-state index contributed by atoms with van der Waals surface area (Å²) in [5, 5.41) is 8.77. The van der Waals surface area contributed by atoms with E-state index in [0.29, 0.717) is 6.54 Å². The average Bonchev–Trinajstić information content (AvgIpc) is 2.41. The van der Waals surface area contributed by atoms with Crippen molar-refractivity contribution in [1.82, 2.24) is 9.80 Å². The molecule has 5 nitrogen and oxygen atoms in total. The third-order valence-corrected chi connectivity index (χ3v) is 3.81. The summed E-state index contributed by atoms with van der Waals surface area (Å²) in [6.07, 6.45) is 2.16. The minimum Gasteiger partial charge on any atom is -0.481 e. The van der Waals surface area contributed by atoms with Crippen molar-refractivity contribution < 1.29 is 14.7 Å². The highest BCUT2D eigenvalue weighted by Crippen LogP contribution is 2.06. The van der Waals surface area contributed by atoms with Crippen molar-refractivity contribution >= 4 is 11.8 Å². The Labute approximate surface area is 122 Å². The van der Waals surface area contributed by atoms with Crippen molar-refractivity contribution in [3.8, 4) is 0 Å². The van der Waals surface area contributed by atoms with E-state index in [9.17, 15) is 9.59 Å². The lowest BCUT2D eigenvalue weighted by molar-refractivity contribution is -0.138. The molecule has 0 aliphatic heterocycles. The summed E-state index contributed by atoms with van der Waals surface area (Å²) in [4.78, 5) is 26.5. The number of carboxylic acids is 1. The van der Waals surface area contributed by atoms with Gasteiger partial charge >= 0.3 is 5.97 Å². The topological polar surface area (TPSA) is 60.9 Å². The Bertz CT molecular complexity index is 291. The lowest BCUT2D eigenvalue weighted by atomic mass is 10.1. The van der Waals surface area contributed by atoms with E-state index in [1.54, 1.807) is 6.92 Å². The van der Waals surface area contributed by atoms with Gasteiger partial charge in [-0.25, -0.2) is 0 Å². The molecule has 0 amide bonds. The van der Waals surface area contributed by atoms with Crippen molar-refractivity contribution in [1.29, 1.82) is 0 Å². The predicted octanol–water partition coefficient (Wildman–Crippen LogP) is 1.86. The van der Waals surface area contributed by atoms with Crippen LogP contribution in [0.1, 0.15) is 47.0 Å². The summed E-state index contributed by atoms with van der Waals surface area (Å²) in [6, 6.07) is -0.192. The minimum atomic E-state index is -0.811. The number of rotatable bonds is 12. The fourth-order valence-electron chi connectivity index (χ4n) is 2.19. The Morgan fingerprint density at radius 2 is 1.60 bits per heavy atom. The van der Waals surface area contributed by atoms with Crippen molar-refractivity contribution in [2.24, 2.45) is 0 Å². The monoisotopic (exact) mass is 286 g/mol. The van der Waals surface area contributed by atoms with Gasteiger partial charge in [-0.3, -0.25) is 14.5 Å². The largest absolute Gasteiger partial charge is 0.481 e. The quantitative estimate of drug-likeness (QED) is 0.555. The van der Waals surface area contributed by atoms with Crippen LogP contribution in [0.15, 0.2) is 0 Å². The normalized spacial score (nSPS) is 12.9. The third kappa shape index (κ3) is 8.27. The van der Waals surface area contributed by atoms with Crippen molar-refractivity contribution in [3.63, 3.8) is 0 Å². The van der Waals surface area contributed by atoms with Crippen LogP contribution in [0.5, 0.6) is 0 Å². The van der Waals surface area contributed by atoms with E-state index in [2.05, 4.69) is 18.7 Å². The van der Waals surface area contributed by atoms with E-state index in [1.807, 2.05) is 11.8 Å². The maximum Gasteiger partial charge on any atom is 0.304 e. The summed E-state index contributed by atoms with van der Waals surface area (Å²) in [5.74, 6) is -0.715. The Morgan fingerprint density at radius 1 is 1.05 bits per heavy atom. The van der Waals surface area contributed by atoms with E-state index < -0.39 is 5.97 Å². The molecule has 0 aromatic heterocycles. The molecule has 0 aromatic rings. The Hall–Kier alpha value is -0.940. The molecule has 0 aliphatic rings. The summed E-state index contributed by atoms with van der Waals surface area (Å²) in [7, 11) is 0. The molecule has 20 heavy (non-hydrogen) atoms. The van der Waals surface area contributed by atoms with Crippen molar-refractivity contribution in [2.45, 2.75) is 53.0 Å². The van der Waals surface area contributed by atoms with E-state index in [-0.39, 0.29) is 18.2 Å². The minimum absolute atomic E-state index is 0.0909. The van der Waals surface area contributed by atoms with Crippen molar-refractivity contribution in [2.75, 3.05) is 32.7 Å². The highest BCUT2D eigenvalue weighted by molar-refractivity contribution is 5.81. The molecule has 1 unspecified atom stereocenters. The lowest BCUT2D eigenvalue weighted by Gasteiger charge is -2.27. The highest BCUT2D eigenvalue weighted by Gasteiger charge is 2.18. The zero-order chi connectivity index (χ0) is 15.5. The van der Waals surface area contributed by atoms with Gasteiger partial charge in [0.2, 0.25) is 0 Å². The highest BCUT2D eigenvalue weighted by atomic mass is 16.4. The first-order valence-electron chi connectivity index (χ1n) is 7.60. The van der Waals surface area contributed by atoms with Crippen LogP contribution in [0, 0.1) is 0 Å². The summed E-state index contributed by atoms with van der Waals surface area (Å²) in [6.45, 7) is 12.1. The predicted molar refractivity (Wildman–Crippen MR) is 81.0 cm³/mol. The average molecular weight is 286 g/mol. The number of ketones is 1. The van der Waals surface area contributed by atoms with Gasteiger partial charge in [0.15, 0.2) is 0 Å². The molecule has 0 spiro atoms. The lowest BCUT2D eigenvalue weighted by Crippen LogP contribution is -2.40. The van der Waals surface area contributed by atoms with Crippen LogP contribution < -0.4 is 0 Å². The fourth-order valence-corrected chi connectivity index (χ4v) is 2.19. The number of nitrogens with zero attached hydrogens (tertiary/aromatic N) is 2. The molecule has 0 saturated heterocycles. The molecule has 118 valence electrons. The molecular formula is C15H30N2O3. The van der Waals surface area contributed by atoms with E-state index >= 15 is 0 Å². The molecule has 0 saturated carbocycles. The Morgan fingerprint density at radius 3 is 2.05 bits per heavy atom. The molecule has 0 aliphatic carbocycles. The van der Waals surface area contributed by atoms with Gasteiger partial charge in [-0.1, -0.05) is 13.8 Å². The van der Waals surface area contributed by atoms with Gasteiger partial charge in [-0.05, 0) is 52.9 Å². The number of hydrogen-bond acceptors (Lipinski definition) is 4. The number of Topliss-reactive ketones (excluding diaryl/α,β-unsaturated/α-hetero) is 1.